The summed E-state index contributed by atoms with van der Waals surface area (Å²) in [5.74, 6) is 0.525. The third-order valence-electron chi connectivity index (χ3n) is 5.10. The highest BCUT2D eigenvalue weighted by molar-refractivity contribution is 7.99. The Kier molecular flexibility index (Phi) is 5.47. The molecule has 5 rings (SSSR count). The minimum atomic E-state index is -0.103. The van der Waals surface area contributed by atoms with Crippen LogP contribution < -0.4 is 10.6 Å². The number of nitrogens with zero attached hydrogens (tertiary/aromatic N) is 2. The highest BCUT2D eigenvalue weighted by Crippen LogP contribution is 2.31. The molecule has 1 unspecified atom stereocenters. The summed E-state index contributed by atoms with van der Waals surface area (Å²) in [4.78, 5) is 27.1. The van der Waals surface area contributed by atoms with Crippen LogP contribution in [0.5, 0.6) is 0 Å². The molecule has 27 heavy (non-hydrogen) atoms. The summed E-state index contributed by atoms with van der Waals surface area (Å²) in [7, 11) is 0. The second-order valence-corrected chi connectivity index (χ2v) is 8.95. The Bertz CT molecular complexity index is 828. The minimum absolute atomic E-state index is 0.00639. The van der Waals surface area contributed by atoms with Crippen LogP contribution in [0.15, 0.2) is 40.3 Å². The van der Waals surface area contributed by atoms with E-state index in [1.807, 2.05) is 30.3 Å². The first-order valence-corrected chi connectivity index (χ1v) is 10.7. The van der Waals surface area contributed by atoms with Gasteiger partial charge in [0.25, 0.3) is 5.91 Å². The molecule has 2 amide bonds. The largest absolute Gasteiger partial charge is 0.348 e. The van der Waals surface area contributed by atoms with Gasteiger partial charge in [-0.15, -0.1) is 0 Å². The summed E-state index contributed by atoms with van der Waals surface area (Å²) in [5.41, 5.74) is 0.688. The lowest BCUT2D eigenvalue weighted by molar-refractivity contribution is -0.114. The van der Waals surface area contributed by atoms with E-state index in [9.17, 15) is 9.59 Å². The quantitative estimate of drug-likeness (QED) is 0.804. The normalized spacial score (nSPS) is 23.8. The molecule has 4 heterocycles. The number of piperidine rings is 3. The molecule has 3 aliphatic heterocycles. The molecule has 1 aromatic heterocycles. The maximum Gasteiger partial charge on any atom is 0.251 e. The first-order valence-electron chi connectivity index (χ1n) is 9.12. The van der Waals surface area contributed by atoms with Crippen molar-refractivity contribution < 1.29 is 9.59 Å². The Morgan fingerprint density at radius 2 is 1.96 bits per heavy atom. The fraction of sp³-hybridized carbons (Fsp3) is 0.421. The van der Waals surface area contributed by atoms with E-state index in [2.05, 4.69) is 19.9 Å². The van der Waals surface area contributed by atoms with E-state index in [0.29, 0.717) is 11.5 Å². The Hall–Kier alpha value is -1.90. The summed E-state index contributed by atoms with van der Waals surface area (Å²) in [5, 5.41) is 7.51. The first kappa shape index (κ1) is 18.5. The third-order valence-corrected chi connectivity index (χ3v) is 6.85. The summed E-state index contributed by atoms with van der Waals surface area (Å²) in [6.07, 6.45) is 2.38. The van der Waals surface area contributed by atoms with Crippen molar-refractivity contribution in [2.24, 2.45) is 5.92 Å². The number of hydrogen-bond acceptors (Lipinski definition) is 6. The Morgan fingerprint density at radius 1 is 1.22 bits per heavy atom. The molecule has 0 aliphatic carbocycles. The molecule has 3 fully saturated rings. The zero-order valence-corrected chi connectivity index (χ0v) is 16.7. The summed E-state index contributed by atoms with van der Waals surface area (Å²) < 4.78 is 4.33. The molecule has 8 heteroatoms. The van der Waals surface area contributed by atoms with Gasteiger partial charge in [0, 0.05) is 36.0 Å². The number of carbonyl (C=O) groups excluding carboxylic acids is 2. The molecule has 1 aromatic carbocycles. The lowest BCUT2D eigenvalue weighted by atomic mass is 9.84. The van der Waals surface area contributed by atoms with Crippen molar-refractivity contribution in [1.82, 2.24) is 14.6 Å². The van der Waals surface area contributed by atoms with Crippen molar-refractivity contribution in [3.8, 4) is 0 Å². The summed E-state index contributed by atoms with van der Waals surface area (Å²) >= 11 is 2.77. The van der Waals surface area contributed by atoms with Gasteiger partial charge in [0.1, 0.15) is 10.0 Å². The van der Waals surface area contributed by atoms with E-state index in [1.54, 1.807) is 0 Å². The molecule has 0 spiro atoms. The fourth-order valence-corrected chi connectivity index (χ4v) is 5.34. The van der Waals surface area contributed by atoms with Crippen LogP contribution in [0.1, 0.15) is 30.1 Å². The minimum Gasteiger partial charge on any atom is -0.348 e. The van der Waals surface area contributed by atoms with Crippen LogP contribution in [0, 0.1) is 5.92 Å². The topological polar surface area (TPSA) is 74.3 Å². The smallest absolute Gasteiger partial charge is 0.251 e. The lowest BCUT2D eigenvalue weighted by Crippen LogP contribution is -2.57. The van der Waals surface area contributed by atoms with Gasteiger partial charge in [0.05, 0.1) is 0 Å². The van der Waals surface area contributed by atoms with E-state index in [0.717, 1.165) is 21.5 Å². The molecule has 142 valence electrons. The second kappa shape index (κ2) is 8.00. The standard InChI is InChI=1S/C19H22N4O2S2/c1-12(24)20-17-10-18(22-27-17)26-15-4-2-14(3-5-15)19(25)21-16-11-23-8-6-13(16)7-9-23/h2-5,10,13,16H,6-9,11H2,1H3,(H,20,24)(H,21,25). The highest BCUT2D eigenvalue weighted by atomic mass is 32.2. The monoisotopic (exact) mass is 402 g/mol. The van der Waals surface area contributed by atoms with Gasteiger partial charge in [-0.25, -0.2) is 0 Å². The number of rotatable bonds is 5. The molecule has 2 aromatic rings. The van der Waals surface area contributed by atoms with Crippen molar-refractivity contribution in [1.29, 1.82) is 0 Å². The Labute approximate surface area is 166 Å². The number of nitrogens with one attached hydrogen (secondary N) is 2. The number of benzene rings is 1. The number of anilines is 1. The van der Waals surface area contributed by atoms with Crippen molar-refractivity contribution in [2.75, 3.05) is 25.0 Å². The van der Waals surface area contributed by atoms with Crippen molar-refractivity contribution >= 4 is 40.1 Å². The van der Waals surface area contributed by atoms with Crippen molar-refractivity contribution in [3.05, 3.63) is 35.9 Å². The molecule has 2 bridgehead atoms. The number of aromatic nitrogens is 1. The maximum absolute atomic E-state index is 12.6. The van der Waals surface area contributed by atoms with Crippen LogP contribution in [0.3, 0.4) is 0 Å². The Balaban J connectivity index is 1.35. The molecule has 0 saturated carbocycles. The van der Waals surface area contributed by atoms with E-state index in [1.165, 1.54) is 56.1 Å². The van der Waals surface area contributed by atoms with E-state index < -0.39 is 0 Å². The lowest BCUT2D eigenvalue weighted by Gasteiger charge is -2.44. The van der Waals surface area contributed by atoms with Gasteiger partial charge in [0.15, 0.2) is 0 Å². The summed E-state index contributed by atoms with van der Waals surface area (Å²) in [6, 6.07) is 9.72. The fourth-order valence-electron chi connectivity index (χ4n) is 3.71. The Morgan fingerprint density at radius 3 is 2.59 bits per heavy atom. The van der Waals surface area contributed by atoms with Gasteiger partial charge in [0.2, 0.25) is 5.91 Å². The number of amides is 2. The molecule has 0 radical (unpaired) electrons. The van der Waals surface area contributed by atoms with Gasteiger partial charge < -0.3 is 15.5 Å². The van der Waals surface area contributed by atoms with Crippen LogP contribution >= 0.6 is 23.3 Å². The van der Waals surface area contributed by atoms with E-state index >= 15 is 0 Å². The van der Waals surface area contributed by atoms with Crippen molar-refractivity contribution in [2.45, 2.75) is 35.7 Å². The van der Waals surface area contributed by atoms with Crippen LogP contribution in [-0.2, 0) is 4.79 Å². The van der Waals surface area contributed by atoms with Crippen LogP contribution in [-0.4, -0.2) is 46.8 Å². The SMILES string of the molecule is CC(=O)Nc1cc(Sc2ccc(C(=O)NC3CN4CCC3CC4)cc2)ns1. The highest BCUT2D eigenvalue weighted by Gasteiger charge is 2.34. The predicted octanol–water partition coefficient (Wildman–Crippen LogP) is 3.08. The summed E-state index contributed by atoms with van der Waals surface area (Å²) in [6.45, 7) is 4.80. The van der Waals surface area contributed by atoms with Gasteiger partial charge in [-0.1, -0.05) is 11.8 Å². The number of fused-ring (bicyclic) bond motifs is 3. The first-order chi connectivity index (χ1) is 13.1. The number of hydrogen-bond donors (Lipinski definition) is 2. The van der Waals surface area contributed by atoms with Gasteiger partial charge in [-0.3, -0.25) is 9.59 Å². The molecule has 3 saturated heterocycles. The third kappa shape index (κ3) is 4.51. The van der Waals surface area contributed by atoms with E-state index in [-0.39, 0.29) is 17.9 Å². The molecule has 2 N–H and O–H groups in total. The molecule has 6 nitrogen and oxygen atoms in total. The van der Waals surface area contributed by atoms with Crippen molar-refractivity contribution in [3.63, 3.8) is 0 Å². The van der Waals surface area contributed by atoms with Crippen LogP contribution in [0.25, 0.3) is 0 Å². The van der Waals surface area contributed by atoms with Gasteiger partial charge in [-0.05, 0) is 67.6 Å². The van der Waals surface area contributed by atoms with E-state index in [4.69, 9.17) is 0 Å². The van der Waals surface area contributed by atoms with Gasteiger partial charge >= 0.3 is 0 Å². The average Bonchev–Trinajstić information content (AvgIpc) is 3.09. The molecular formula is C19H22N4O2S2. The second-order valence-electron chi connectivity index (χ2n) is 7.06. The zero-order valence-electron chi connectivity index (χ0n) is 15.1. The maximum atomic E-state index is 12.6. The molecular weight excluding hydrogens is 380 g/mol. The molecule has 3 aliphatic rings. The zero-order chi connectivity index (χ0) is 18.8. The van der Waals surface area contributed by atoms with Crippen LogP contribution in [0.4, 0.5) is 5.00 Å². The average molecular weight is 403 g/mol. The molecule has 1 atom stereocenters. The number of carbonyl (C=O) groups is 2. The predicted molar refractivity (Wildman–Crippen MR) is 107 cm³/mol. The van der Waals surface area contributed by atoms with Crippen LogP contribution in [0.2, 0.25) is 0 Å². The van der Waals surface area contributed by atoms with Gasteiger partial charge in [-0.2, -0.15) is 4.37 Å².